The Labute approximate surface area is 124 Å². The number of aromatic hydroxyl groups is 1. The third-order valence-electron chi connectivity index (χ3n) is 2.99. The molecule has 120 valence electrons. The van der Waals surface area contributed by atoms with Gasteiger partial charge in [0.2, 0.25) is 0 Å². The highest BCUT2D eigenvalue weighted by Crippen LogP contribution is 2.46. The minimum atomic E-state index is -2.75. The maximum absolute atomic E-state index is 12.1. The molecule has 0 aliphatic carbocycles. The Morgan fingerprint density at radius 1 is 0.905 bits per heavy atom. The van der Waals surface area contributed by atoms with Gasteiger partial charge in [-0.25, -0.2) is 0 Å². The molecule has 4 nitrogen and oxygen atoms in total. The van der Waals surface area contributed by atoms with Crippen molar-refractivity contribution in [3.05, 3.63) is 23.3 Å². The Hall–Kier alpha value is -0.970. The van der Waals surface area contributed by atoms with Crippen molar-refractivity contribution >= 4 is 8.60 Å². The zero-order valence-corrected chi connectivity index (χ0v) is 13.9. The summed E-state index contributed by atoms with van der Waals surface area (Å²) >= 11 is 0. The average Bonchev–Trinajstić information content (AvgIpc) is 2.34. The Kier molecular flexibility index (Phi) is 5.53. The van der Waals surface area contributed by atoms with E-state index in [1.165, 1.54) is 12.1 Å². The maximum Gasteiger partial charge on any atom is 0.465 e. The molecule has 0 aromatic heterocycles. The van der Waals surface area contributed by atoms with Gasteiger partial charge in [-0.15, -0.1) is 0 Å². The molecule has 0 saturated carbocycles. The largest absolute Gasteiger partial charge is 0.507 e. The first kappa shape index (κ1) is 18.1. The van der Waals surface area contributed by atoms with Crippen LogP contribution in [0.5, 0.6) is 11.5 Å². The van der Waals surface area contributed by atoms with E-state index in [0.717, 1.165) is 0 Å². The maximum atomic E-state index is 12.1. The van der Waals surface area contributed by atoms with E-state index < -0.39 is 8.60 Å². The highest BCUT2D eigenvalue weighted by Gasteiger charge is 2.28. The molecule has 0 aliphatic rings. The number of benzene rings is 1. The summed E-state index contributed by atoms with van der Waals surface area (Å²) in [6, 6.07) is 3.05. The van der Waals surface area contributed by atoms with Crippen molar-refractivity contribution in [2.24, 2.45) is 0 Å². The van der Waals surface area contributed by atoms with Crippen molar-refractivity contribution in [2.45, 2.75) is 52.4 Å². The lowest BCUT2D eigenvalue weighted by atomic mass is 9.79. The molecule has 0 heterocycles. The standard InChI is InChI=1S/C14H21F2O4P/c1-13(2,3)10-7-9(18-21(19-15)20-16)8-11(12(10)17)14(4,5)6/h7-8,17H,1-6H3. The van der Waals surface area contributed by atoms with Crippen molar-refractivity contribution in [3.63, 3.8) is 0 Å². The van der Waals surface area contributed by atoms with E-state index in [2.05, 4.69) is 9.46 Å². The number of halogens is 2. The van der Waals surface area contributed by atoms with Gasteiger partial charge in [-0.05, 0) is 32.0 Å². The van der Waals surface area contributed by atoms with Gasteiger partial charge in [0, 0.05) is 11.1 Å². The van der Waals surface area contributed by atoms with Crippen LogP contribution < -0.4 is 4.52 Å². The van der Waals surface area contributed by atoms with Crippen molar-refractivity contribution in [2.75, 3.05) is 0 Å². The van der Waals surface area contributed by atoms with Crippen molar-refractivity contribution in [1.29, 1.82) is 0 Å². The molecule has 0 saturated heterocycles. The van der Waals surface area contributed by atoms with Crippen molar-refractivity contribution < 1.29 is 28.1 Å². The molecule has 1 N–H and O–H groups in total. The van der Waals surface area contributed by atoms with Crippen LogP contribution in [0.3, 0.4) is 0 Å². The molecule has 0 aliphatic heterocycles. The lowest BCUT2D eigenvalue weighted by Gasteiger charge is -2.28. The van der Waals surface area contributed by atoms with Crippen LogP contribution in [0.1, 0.15) is 52.7 Å². The molecule has 21 heavy (non-hydrogen) atoms. The molecule has 0 amide bonds. The molecule has 7 heteroatoms. The van der Waals surface area contributed by atoms with E-state index in [0.29, 0.717) is 11.1 Å². The van der Waals surface area contributed by atoms with Crippen molar-refractivity contribution in [3.8, 4) is 11.5 Å². The van der Waals surface area contributed by atoms with Crippen LogP contribution >= 0.6 is 8.60 Å². The molecule has 0 bridgehead atoms. The summed E-state index contributed by atoms with van der Waals surface area (Å²) in [6.07, 6.45) is 0. The van der Waals surface area contributed by atoms with Crippen LogP contribution in [0.15, 0.2) is 12.1 Å². The van der Waals surface area contributed by atoms with Gasteiger partial charge in [-0.3, -0.25) is 0 Å². The van der Waals surface area contributed by atoms with Crippen molar-refractivity contribution in [1.82, 2.24) is 0 Å². The molecular formula is C14H21F2O4P. The third kappa shape index (κ3) is 4.50. The summed E-state index contributed by atoms with van der Waals surface area (Å²) in [5, 5.41) is 10.5. The molecule has 0 unspecified atom stereocenters. The van der Waals surface area contributed by atoms with E-state index in [4.69, 9.17) is 4.52 Å². The molecule has 1 aromatic carbocycles. The smallest absolute Gasteiger partial charge is 0.465 e. The first-order valence-electron chi connectivity index (χ1n) is 6.44. The van der Waals surface area contributed by atoms with Crippen LogP contribution in [0.25, 0.3) is 0 Å². The van der Waals surface area contributed by atoms with E-state index in [9.17, 15) is 14.2 Å². The molecular weight excluding hydrogens is 301 g/mol. The summed E-state index contributed by atoms with van der Waals surface area (Å²) in [7, 11) is -2.75. The third-order valence-corrected chi connectivity index (χ3v) is 3.58. The quantitative estimate of drug-likeness (QED) is 0.755. The second-order valence-electron chi connectivity index (χ2n) is 6.82. The zero-order chi connectivity index (χ0) is 16.4. The summed E-state index contributed by atoms with van der Waals surface area (Å²) < 4.78 is 35.7. The Morgan fingerprint density at radius 3 is 1.57 bits per heavy atom. The minimum absolute atomic E-state index is 0.147. The Bertz CT molecular complexity index is 456. The second-order valence-corrected chi connectivity index (χ2v) is 7.73. The zero-order valence-electron chi connectivity index (χ0n) is 13.0. The number of phenolic OH excluding ortho intramolecular Hbond substituents is 1. The molecule has 1 rings (SSSR count). The normalized spacial score (nSPS) is 12.8. The SMILES string of the molecule is CC(C)(C)c1cc(OP(OF)OF)cc(C(C)(C)C)c1O. The van der Waals surface area contributed by atoms with E-state index >= 15 is 0 Å². The van der Waals surface area contributed by atoms with Gasteiger partial charge in [-0.2, -0.15) is 0 Å². The van der Waals surface area contributed by atoms with Crippen LogP contribution in [-0.2, 0) is 20.3 Å². The minimum Gasteiger partial charge on any atom is -0.507 e. The van der Waals surface area contributed by atoms with Crippen LogP contribution in [-0.4, -0.2) is 5.11 Å². The molecule has 0 atom stereocenters. The number of hydrogen-bond acceptors (Lipinski definition) is 4. The number of phenols is 1. The lowest BCUT2D eigenvalue weighted by Crippen LogP contribution is -2.17. The monoisotopic (exact) mass is 322 g/mol. The van der Waals surface area contributed by atoms with Gasteiger partial charge < -0.3 is 9.63 Å². The summed E-state index contributed by atoms with van der Waals surface area (Å²) in [5.41, 5.74) is 0.466. The fourth-order valence-electron chi connectivity index (χ4n) is 1.93. The number of hydrogen-bond donors (Lipinski definition) is 1. The molecule has 0 fully saturated rings. The van der Waals surface area contributed by atoms with Crippen LogP contribution in [0.4, 0.5) is 9.05 Å². The van der Waals surface area contributed by atoms with Gasteiger partial charge >= 0.3 is 8.60 Å². The average molecular weight is 322 g/mol. The van der Waals surface area contributed by atoms with Gasteiger partial charge in [0.1, 0.15) is 11.5 Å². The highest BCUT2D eigenvalue weighted by molar-refractivity contribution is 7.41. The van der Waals surface area contributed by atoms with Gasteiger partial charge in [0.15, 0.2) is 0 Å². The van der Waals surface area contributed by atoms with Gasteiger partial charge in [0.25, 0.3) is 0 Å². The Balaban J connectivity index is 3.40. The topological polar surface area (TPSA) is 47.9 Å². The van der Waals surface area contributed by atoms with Gasteiger partial charge in [-0.1, -0.05) is 51.0 Å². The highest BCUT2D eigenvalue weighted by atomic mass is 31.2. The Morgan fingerprint density at radius 2 is 1.29 bits per heavy atom. The summed E-state index contributed by atoms with van der Waals surface area (Å²) in [4.78, 5) is 0. The first-order chi connectivity index (χ1) is 9.50. The molecule has 1 aromatic rings. The number of rotatable bonds is 4. The molecule has 0 radical (unpaired) electrons. The predicted octanol–water partition coefficient (Wildman–Crippen LogP) is 5.40. The van der Waals surface area contributed by atoms with Crippen LogP contribution in [0, 0.1) is 0 Å². The van der Waals surface area contributed by atoms with E-state index in [-0.39, 0.29) is 22.3 Å². The second kappa shape index (κ2) is 6.42. The van der Waals surface area contributed by atoms with Crippen LogP contribution in [0.2, 0.25) is 0 Å². The first-order valence-corrected chi connectivity index (χ1v) is 7.53. The summed E-state index contributed by atoms with van der Waals surface area (Å²) in [5.74, 6) is 0.318. The summed E-state index contributed by atoms with van der Waals surface area (Å²) in [6.45, 7) is 11.5. The lowest BCUT2D eigenvalue weighted by molar-refractivity contribution is -0.0859. The fraction of sp³-hybridized carbons (Fsp3) is 0.571. The van der Waals surface area contributed by atoms with E-state index in [1.54, 1.807) is 0 Å². The van der Waals surface area contributed by atoms with E-state index in [1.807, 2.05) is 41.5 Å². The fourth-order valence-corrected chi connectivity index (χ4v) is 2.28. The van der Waals surface area contributed by atoms with Gasteiger partial charge in [0.05, 0.1) is 0 Å². The predicted molar refractivity (Wildman–Crippen MR) is 77.4 cm³/mol. The molecule has 0 spiro atoms.